The molecule has 112 valence electrons. The Morgan fingerprint density at radius 2 is 2.25 bits per heavy atom. The van der Waals surface area contributed by atoms with E-state index in [2.05, 4.69) is 4.98 Å². The molecule has 1 saturated heterocycles. The lowest BCUT2D eigenvalue weighted by atomic mass is 9.72. The van der Waals surface area contributed by atoms with E-state index in [1.54, 1.807) is 0 Å². The highest BCUT2D eigenvalue weighted by Crippen LogP contribution is 2.41. The highest BCUT2D eigenvalue weighted by atomic mass is 35.5. The number of sulfonamides is 1. The minimum atomic E-state index is -3.52. The van der Waals surface area contributed by atoms with Crippen molar-refractivity contribution in [2.75, 3.05) is 13.1 Å². The number of aromatic nitrogens is 1. The molecule has 1 aromatic heterocycles. The van der Waals surface area contributed by atoms with Crippen LogP contribution < -0.4 is 0 Å². The van der Waals surface area contributed by atoms with Gasteiger partial charge >= 0.3 is 0 Å². The van der Waals surface area contributed by atoms with E-state index in [-0.39, 0.29) is 14.6 Å². The molecule has 1 aromatic rings. The standard InChI is InChI=1S/C12H17ClN2O3S2/c13-11-14-7-10(19-11)20(17,18)15-6-5-12(16)4-2-1-3-9(12)8-15/h7,9,16H,1-6,8H2. The molecule has 2 fully saturated rings. The van der Waals surface area contributed by atoms with Crippen LogP contribution in [-0.2, 0) is 10.0 Å². The SMILES string of the molecule is O=S(=O)(c1cnc(Cl)s1)N1CCC2(O)CCCCC2C1. The van der Waals surface area contributed by atoms with Gasteiger partial charge in [0.1, 0.15) is 0 Å². The van der Waals surface area contributed by atoms with E-state index in [4.69, 9.17) is 11.6 Å². The Morgan fingerprint density at radius 3 is 2.95 bits per heavy atom. The maximum absolute atomic E-state index is 12.5. The van der Waals surface area contributed by atoms with Gasteiger partial charge in [-0.1, -0.05) is 35.8 Å². The van der Waals surface area contributed by atoms with Gasteiger partial charge in [-0.2, -0.15) is 4.31 Å². The molecule has 3 rings (SSSR count). The molecular formula is C12H17ClN2O3S2. The Bertz CT molecular complexity index is 604. The zero-order valence-electron chi connectivity index (χ0n) is 11.0. The smallest absolute Gasteiger partial charge is 0.254 e. The van der Waals surface area contributed by atoms with Crippen molar-refractivity contribution in [1.29, 1.82) is 0 Å². The number of aliphatic hydroxyl groups is 1. The summed E-state index contributed by atoms with van der Waals surface area (Å²) in [5.41, 5.74) is -0.671. The molecule has 0 amide bonds. The average molecular weight is 337 g/mol. The highest BCUT2D eigenvalue weighted by molar-refractivity contribution is 7.91. The molecule has 2 heterocycles. The van der Waals surface area contributed by atoms with Crippen LogP contribution in [-0.4, -0.2) is 41.5 Å². The summed E-state index contributed by atoms with van der Waals surface area (Å²) in [4.78, 5) is 3.80. The van der Waals surface area contributed by atoms with Crippen molar-refractivity contribution in [3.63, 3.8) is 0 Å². The molecule has 0 bridgehead atoms. The Morgan fingerprint density at radius 1 is 1.45 bits per heavy atom. The summed E-state index contributed by atoms with van der Waals surface area (Å²) in [5, 5.41) is 10.6. The lowest BCUT2D eigenvalue weighted by Gasteiger charge is -2.46. The van der Waals surface area contributed by atoms with Crippen molar-refractivity contribution in [2.24, 2.45) is 5.92 Å². The Hall–Kier alpha value is -0.210. The van der Waals surface area contributed by atoms with E-state index in [0.717, 1.165) is 37.0 Å². The van der Waals surface area contributed by atoms with Crippen LogP contribution in [0.15, 0.2) is 10.4 Å². The highest BCUT2D eigenvalue weighted by Gasteiger charge is 2.45. The fraction of sp³-hybridized carbons (Fsp3) is 0.750. The van der Waals surface area contributed by atoms with E-state index >= 15 is 0 Å². The third-order valence-corrected chi connectivity index (χ3v) is 7.86. The number of fused-ring (bicyclic) bond motifs is 1. The van der Waals surface area contributed by atoms with Gasteiger partial charge in [-0.3, -0.25) is 0 Å². The van der Waals surface area contributed by atoms with E-state index < -0.39 is 15.6 Å². The fourth-order valence-electron chi connectivity index (χ4n) is 3.24. The van der Waals surface area contributed by atoms with E-state index in [1.165, 1.54) is 10.5 Å². The van der Waals surface area contributed by atoms with Gasteiger partial charge < -0.3 is 5.11 Å². The number of halogens is 1. The van der Waals surface area contributed by atoms with Gasteiger partial charge in [0.15, 0.2) is 8.68 Å². The second-order valence-electron chi connectivity index (χ2n) is 5.59. The first kappa shape index (κ1) is 14.7. The van der Waals surface area contributed by atoms with Crippen LogP contribution >= 0.6 is 22.9 Å². The van der Waals surface area contributed by atoms with Crippen LogP contribution in [0.3, 0.4) is 0 Å². The molecule has 1 aliphatic carbocycles. The molecule has 1 saturated carbocycles. The first-order valence-corrected chi connectivity index (χ1v) is 9.39. The first-order chi connectivity index (χ1) is 9.42. The second-order valence-corrected chi connectivity index (χ2v) is 9.37. The summed E-state index contributed by atoms with van der Waals surface area (Å²) in [5.74, 6) is 0.0446. The molecule has 1 aliphatic heterocycles. The van der Waals surface area contributed by atoms with Crippen LogP contribution in [0.1, 0.15) is 32.1 Å². The van der Waals surface area contributed by atoms with Crippen LogP contribution in [0.2, 0.25) is 4.47 Å². The van der Waals surface area contributed by atoms with Crippen molar-refractivity contribution in [2.45, 2.75) is 41.9 Å². The Kier molecular flexibility index (Phi) is 3.83. The fourth-order valence-corrected chi connectivity index (χ4v) is 6.18. The van der Waals surface area contributed by atoms with Gasteiger partial charge in [-0.15, -0.1) is 0 Å². The van der Waals surface area contributed by atoms with Gasteiger partial charge in [0, 0.05) is 19.0 Å². The molecule has 5 nitrogen and oxygen atoms in total. The van der Waals surface area contributed by atoms with Gasteiger partial charge in [0.25, 0.3) is 10.0 Å². The van der Waals surface area contributed by atoms with Crippen LogP contribution in [0, 0.1) is 5.92 Å². The summed E-state index contributed by atoms with van der Waals surface area (Å²) >= 11 is 6.70. The number of hydrogen-bond donors (Lipinski definition) is 1. The van der Waals surface area contributed by atoms with Crippen molar-refractivity contribution in [3.8, 4) is 0 Å². The molecule has 0 radical (unpaired) electrons. The molecule has 2 atom stereocenters. The largest absolute Gasteiger partial charge is 0.390 e. The molecule has 2 unspecified atom stereocenters. The Labute approximate surface area is 127 Å². The quantitative estimate of drug-likeness (QED) is 0.898. The van der Waals surface area contributed by atoms with Crippen molar-refractivity contribution >= 4 is 33.0 Å². The van der Waals surface area contributed by atoms with Crippen molar-refractivity contribution in [1.82, 2.24) is 9.29 Å². The maximum Gasteiger partial charge on any atom is 0.254 e. The summed E-state index contributed by atoms with van der Waals surface area (Å²) in [6.07, 6.45) is 5.61. The molecule has 20 heavy (non-hydrogen) atoms. The van der Waals surface area contributed by atoms with Gasteiger partial charge in [-0.25, -0.2) is 13.4 Å². The maximum atomic E-state index is 12.5. The lowest BCUT2D eigenvalue weighted by Crippen LogP contribution is -2.54. The monoisotopic (exact) mass is 336 g/mol. The third-order valence-electron chi connectivity index (χ3n) is 4.44. The summed E-state index contributed by atoms with van der Waals surface area (Å²) < 4.78 is 27.0. The van der Waals surface area contributed by atoms with E-state index in [0.29, 0.717) is 19.5 Å². The third kappa shape index (κ3) is 2.50. The molecule has 1 N–H and O–H groups in total. The second kappa shape index (κ2) is 5.21. The van der Waals surface area contributed by atoms with Crippen LogP contribution in [0.5, 0.6) is 0 Å². The Balaban J connectivity index is 1.82. The number of nitrogens with zero attached hydrogens (tertiary/aromatic N) is 2. The first-order valence-electron chi connectivity index (χ1n) is 6.76. The van der Waals surface area contributed by atoms with E-state index in [9.17, 15) is 13.5 Å². The number of hydrogen-bond acceptors (Lipinski definition) is 5. The zero-order chi connectivity index (χ0) is 14.4. The molecule has 2 aliphatic rings. The van der Waals surface area contributed by atoms with Crippen LogP contribution in [0.4, 0.5) is 0 Å². The number of thiazole rings is 1. The molecule has 0 aromatic carbocycles. The molecule has 0 spiro atoms. The number of piperidine rings is 1. The molecular weight excluding hydrogens is 320 g/mol. The lowest BCUT2D eigenvalue weighted by molar-refractivity contribution is -0.0816. The summed E-state index contributed by atoms with van der Waals surface area (Å²) in [7, 11) is -3.52. The predicted octanol–water partition coefficient (Wildman–Crippen LogP) is 2.11. The topological polar surface area (TPSA) is 70.5 Å². The summed E-state index contributed by atoms with van der Waals surface area (Å²) in [6, 6.07) is 0. The summed E-state index contributed by atoms with van der Waals surface area (Å²) in [6.45, 7) is 0.763. The number of rotatable bonds is 2. The molecule has 8 heteroatoms. The predicted molar refractivity (Wildman–Crippen MR) is 77.4 cm³/mol. The minimum absolute atomic E-state index is 0.0446. The normalized spacial score (nSPS) is 32.0. The minimum Gasteiger partial charge on any atom is -0.390 e. The van der Waals surface area contributed by atoms with Gasteiger partial charge in [0.2, 0.25) is 0 Å². The zero-order valence-corrected chi connectivity index (χ0v) is 13.3. The van der Waals surface area contributed by atoms with Crippen molar-refractivity contribution in [3.05, 3.63) is 10.7 Å². The van der Waals surface area contributed by atoms with E-state index in [1.807, 2.05) is 0 Å². The van der Waals surface area contributed by atoms with Gasteiger partial charge in [0.05, 0.1) is 11.8 Å². The average Bonchev–Trinajstić information content (AvgIpc) is 2.85. The van der Waals surface area contributed by atoms with Crippen LogP contribution in [0.25, 0.3) is 0 Å². The van der Waals surface area contributed by atoms with Gasteiger partial charge in [-0.05, 0) is 19.3 Å². The van der Waals surface area contributed by atoms with Crippen molar-refractivity contribution < 1.29 is 13.5 Å².